The molecule has 3 atom stereocenters. The first-order valence-electron chi connectivity index (χ1n) is 6.98. The van der Waals surface area contributed by atoms with Gasteiger partial charge in [-0.05, 0) is 63.2 Å². The number of rotatable bonds is 1. The molecule has 3 aliphatic rings. The Bertz CT molecular complexity index is 272. The van der Waals surface area contributed by atoms with Crippen molar-refractivity contribution in [2.24, 2.45) is 11.8 Å². The lowest BCUT2D eigenvalue weighted by atomic mass is 9.67. The van der Waals surface area contributed by atoms with Gasteiger partial charge in [-0.2, -0.15) is 0 Å². The molecule has 3 fully saturated rings. The second-order valence-electron chi connectivity index (χ2n) is 6.53. The average Bonchev–Trinajstić information content (AvgIpc) is 2.58. The SMILES string of the molecule is CC1CCC(O)(C2CCOC3(CCC3)C2)C1. The molecule has 1 saturated heterocycles. The second-order valence-corrected chi connectivity index (χ2v) is 6.53. The molecule has 0 aromatic heterocycles. The summed E-state index contributed by atoms with van der Waals surface area (Å²) in [6.07, 6.45) is 9.23. The maximum Gasteiger partial charge on any atom is 0.0686 e. The molecule has 1 spiro atoms. The highest BCUT2D eigenvalue weighted by Gasteiger charge is 2.50. The summed E-state index contributed by atoms with van der Waals surface area (Å²) in [5.41, 5.74) is -0.170. The van der Waals surface area contributed by atoms with Gasteiger partial charge in [-0.15, -0.1) is 0 Å². The molecule has 0 radical (unpaired) electrons. The lowest BCUT2D eigenvalue weighted by Gasteiger charge is -2.50. The van der Waals surface area contributed by atoms with Gasteiger partial charge in [0.15, 0.2) is 0 Å². The van der Waals surface area contributed by atoms with Gasteiger partial charge in [0.1, 0.15) is 0 Å². The Balaban J connectivity index is 1.70. The van der Waals surface area contributed by atoms with Crippen LogP contribution in [0.15, 0.2) is 0 Å². The number of hydrogen-bond donors (Lipinski definition) is 1. The smallest absolute Gasteiger partial charge is 0.0686 e. The van der Waals surface area contributed by atoms with Crippen LogP contribution in [0.5, 0.6) is 0 Å². The van der Waals surface area contributed by atoms with Crippen molar-refractivity contribution < 1.29 is 9.84 Å². The third-order valence-electron chi connectivity index (χ3n) is 5.29. The summed E-state index contributed by atoms with van der Waals surface area (Å²) in [6.45, 7) is 3.15. The largest absolute Gasteiger partial charge is 0.390 e. The van der Waals surface area contributed by atoms with E-state index in [0.717, 1.165) is 32.3 Å². The molecule has 3 rings (SSSR count). The normalized spacial score (nSPS) is 46.9. The van der Waals surface area contributed by atoms with Gasteiger partial charge < -0.3 is 9.84 Å². The first kappa shape index (κ1) is 11.0. The van der Waals surface area contributed by atoms with Gasteiger partial charge >= 0.3 is 0 Å². The van der Waals surface area contributed by atoms with Crippen molar-refractivity contribution in [3.8, 4) is 0 Å². The molecule has 1 heterocycles. The van der Waals surface area contributed by atoms with E-state index in [2.05, 4.69) is 6.92 Å². The van der Waals surface area contributed by atoms with Gasteiger partial charge in [-0.1, -0.05) is 6.92 Å². The van der Waals surface area contributed by atoms with Crippen LogP contribution in [0.25, 0.3) is 0 Å². The van der Waals surface area contributed by atoms with Crippen LogP contribution >= 0.6 is 0 Å². The van der Waals surface area contributed by atoms with Crippen molar-refractivity contribution in [2.45, 2.75) is 69.5 Å². The third-order valence-corrected chi connectivity index (χ3v) is 5.29. The van der Waals surface area contributed by atoms with E-state index in [0.29, 0.717) is 11.8 Å². The highest BCUT2D eigenvalue weighted by atomic mass is 16.5. The fourth-order valence-electron chi connectivity index (χ4n) is 4.08. The highest BCUT2D eigenvalue weighted by Crippen LogP contribution is 2.50. The average molecular weight is 224 g/mol. The van der Waals surface area contributed by atoms with Crippen LogP contribution in [-0.2, 0) is 4.74 Å². The molecule has 2 nitrogen and oxygen atoms in total. The molecule has 2 aliphatic carbocycles. The molecular weight excluding hydrogens is 200 g/mol. The van der Waals surface area contributed by atoms with Gasteiger partial charge in [0.25, 0.3) is 0 Å². The molecule has 3 unspecified atom stereocenters. The van der Waals surface area contributed by atoms with E-state index in [9.17, 15) is 5.11 Å². The van der Waals surface area contributed by atoms with Gasteiger partial charge in [-0.3, -0.25) is 0 Å². The Morgan fingerprint density at radius 3 is 2.50 bits per heavy atom. The monoisotopic (exact) mass is 224 g/mol. The van der Waals surface area contributed by atoms with Crippen molar-refractivity contribution in [3.05, 3.63) is 0 Å². The molecule has 2 saturated carbocycles. The quantitative estimate of drug-likeness (QED) is 0.742. The maximum absolute atomic E-state index is 10.8. The molecule has 0 aromatic carbocycles. The first-order valence-corrected chi connectivity index (χ1v) is 6.98. The fraction of sp³-hybridized carbons (Fsp3) is 1.00. The van der Waals surface area contributed by atoms with Crippen LogP contribution in [0.2, 0.25) is 0 Å². The molecule has 0 aromatic rings. The highest BCUT2D eigenvalue weighted by molar-refractivity contribution is 5.01. The molecule has 2 heteroatoms. The second kappa shape index (κ2) is 3.71. The zero-order valence-electron chi connectivity index (χ0n) is 10.4. The Morgan fingerprint density at radius 2 is 1.94 bits per heavy atom. The van der Waals surface area contributed by atoms with Gasteiger partial charge in [0.2, 0.25) is 0 Å². The molecule has 1 aliphatic heterocycles. The zero-order valence-corrected chi connectivity index (χ0v) is 10.4. The summed E-state index contributed by atoms with van der Waals surface area (Å²) in [6, 6.07) is 0. The van der Waals surface area contributed by atoms with E-state index in [1.165, 1.54) is 25.7 Å². The Labute approximate surface area is 98.4 Å². The van der Waals surface area contributed by atoms with E-state index in [1.54, 1.807) is 0 Å². The topological polar surface area (TPSA) is 29.5 Å². The molecule has 0 bridgehead atoms. The van der Waals surface area contributed by atoms with Crippen molar-refractivity contribution in [2.75, 3.05) is 6.61 Å². The predicted octanol–water partition coefficient (Wildman–Crippen LogP) is 2.89. The summed E-state index contributed by atoms with van der Waals surface area (Å²) in [7, 11) is 0. The maximum atomic E-state index is 10.8. The van der Waals surface area contributed by atoms with E-state index >= 15 is 0 Å². The Morgan fingerprint density at radius 1 is 1.12 bits per heavy atom. The fourth-order valence-corrected chi connectivity index (χ4v) is 4.08. The standard InChI is InChI=1S/C14H24O2/c1-11-3-7-14(15,9-11)12-4-8-16-13(10-12)5-2-6-13/h11-12,15H,2-10H2,1H3. The van der Waals surface area contributed by atoms with Crippen molar-refractivity contribution in [1.29, 1.82) is 0 Å². The summed E-state index contributed by atoms with van der Waals surface area (Å²) < 4.78 is 5.95. The van der Waals surface area contributed by atoms with E-state index in [-0.39, 0.29) is 11.2 Å². The van der Waals surface area contributed by atoms with Crippen LogP contribution in [0, 0.1) is 11.8 Å². The molecule has 16 heavy (non-hydrogen) atoms. The number of ether oxygens (including phenoxy) is 1. The lowest BCUT2D eigenvalue weighted by molar-refractivity contribution is -0.174. The Kier molecular flexibility index (Phi) is 2.56. The zero-order chi connectivity index (χ0) is 11.2. The van der Waals surface area contributed by atoms with Crippen molar-refractivity contribution >= 4 is 0 Å². The first-order chi connectivity index (χ1) is 7.62. The molecule has 92 valence electrons. The number of hydrogen-bond acceptors (Lipinski definition) is 2. The third kappa shape index (κ3) is 1.70. The molecule has 1 N–H and O–H groups in total. The van der Waals surface area contributed by atoms with E-state index in [4.69, 9.17) is 4.74 Å². The van der Waals surface area contributed by atoms with Crippen LogP contribution in [0.1, 0.15) is 58.3 Å². The summed E-state index contributed by atoms with van der Waals surface area (Å²) in [5.74, 6) is 1.22. The lowest BCUT2D eigenvalue weighted by Crippen LogP contribution is -2.51. The van der Waals surface area contributed by atoms with Gasteiger partial charge in [0, 0.05) is 6.61 Å². The van der Waals surface area contributed by atoms with Crippen LogP contribution in [0.3, 0.4) is 0 Å². The van der Waals surface area contributed by atoms with Crippen molar-refractivity contribution in [3.63, 3.8) is 0 Å². The Hall–Kier alpha value is -0.0800. The molecular formula is C14H24O2. The van der Waals surface area contributed by atoms with Crippen LogP contribution in [-0.4, -0.2) is 22.9 Å². The summed E-state index contributed by atoms with van der Waals surface area (Å²) >= 11 is 0. The van der Waals surface area contributed by atoms with Gasteiger partial charge in [-0.25, -0.2) is 0 Å². The summed E-state index contributed by atoms with van der Waals surface area (Å²) in [5, 5.41) is 10.8. The predicted molar refractivity (Wildman–Crippen MR) is 63.2 cm³/mol. The van der Waals surface area contributed by atoms with Crippen LogP contribution < -0.4 is 0 Å². The van der Waals surface area contributed by atoms with Crippen molar-refractivity contribution in [1.82, 2.24) is 0 Å². The minimum atomic E-state index is -0.355. The van der Waals surface area contributed by atoms with E-state index in [1.807, 2.05) is 0 Å². The van der Waals surface area contributed by atoms with Gasteiger partial charge in [0.05, 0.1) is 11.2 Å². The summed E-state index contributed by atoms with van der Waals surface area (Å²) in [4.78, 5) is 0. The number of aliphatic hydroxyl groups is 1. The van der Waals surface area contributed by atoms with E-state index < -0.39 is 0 Å². The minimum absolute atomic E-state index is 0.185. The molecule has 0 amide bonds. The minimum Gasteiger partial charge on any atom is -0.390 e. The van der Waals surface area contributed by atoms with Crippen LogP contribution in [0.4, 0.5) is 0 Å².